The molecule has 0 saturated carbocycles. The number of carbonyl (C=O) groups is 2. The number of aliphatic hydroxyl groups excluding tert-OH is 1. The molecular formula is C33H43Cl2N5O5S2. The first-order chi connectivity index (χ1) is 22.2. The zero-order valence-electron chi connectivity index (χ0n) is 27.3. The molecule has 4 rings (SSSR count). The third kappa shape index (κ3) is 9.45. The number of hydrogen-bond acceptors (Lipinski definition) is 7. The molecule has 3 atom stereocenters. The first kappa shape index (κ1) is 37.1. The third-order valence-corrected chi connectivity index (χ3v) is 11.4. The number of urea groups is 1. The maximum Gasteiger partial charge on any atom is 0.321 e. The third-order valence-electron chi connectivity index (χ3n) is 7.96. The van der Waals surface area contributed by atoms with Gasteiger partial charge in [0.25, 0.3) is 0 Å². The van der Waals surface area contributed by atoms with E-state index in [1.54, 1.807) is 9.80 Å². The molecule has 1 aromatic heterocycles. The van der Waals surface area contributed by atoms with Gasteiger partial charge >= 0.3 is 6.03 Å². The number of benzene rings is 2. The van der Waals surface area contributed by atoms with Crippen LogP contribution in [0.5, 0.6) is 0 Å². The Labute approximate surface area is 291 Å². The second kappa shape index (κ2) is 16.1. The first-order valence-corrected chi connectivity index (χ1v) is 18.7. The number of sulfonamides is 1. The zero-order chi connectivity index (χ0) is 34.5. The highest BCUT2D eigenvalue weighted by molar-refractivity contribution is 7.89. The summed E-state index contributed by atoms with van der Waals surface area (Å²) in [6.07, 6.45) is -1.05. The standard InChI is InChI=1S/C33H43Cl2N5O5S2/c1-21(2)17-39(47(44,45)26-11-12-27(34)28(35)16-26)19-30(41)29(15-24-9-7-6-8-10-24)37-32(42)31(22(3)4)40-14-13-38(33(40)43)18-25-20-46-23(5)36-25/h6-12,16,20-22,29-31,41H,13-15,17-19H2,1-5H3,(H,37,42)/t29-,30+,31-/m0/s1. The largest absolute Gasteiger partial charge is 0.390 e. The Morgan fingerprint density at radius 1 is 1.06 bits per heavy atom. The number of halogens is 2. The van der Waals surface area contributed by atoms with Gasteiger partial charge in [0.1, 0.15) is 6.04 Å². The maximum atomic E-state index is 14.0. The topological polar surface area (TPSA) is 123 Å². The molecule has 14 heteroatoms. The molecule has 0 aliphatic carbocycles. The predicted octanol–water partition coefficient (Wildman–Crippen LogP) is 5.46. The summed E-state index contributed by atoms with van der Waals surface area (Å²) in [5.41, 5.74) is 1.66. The molecule has 0 spiro atoms. The molecule has 0 unspecified atom stereocenters. The van der Waals surface area contributed by atoms with Crippen LogP contribution in [-0.4, -0.2) is 88.9 Å². The molecule has 3 amide bonds. The van der Waals surface area contributed by atoms with Crippen molar-refractivity contribution in [2.75, 3.05) is 26.2 Å². The Morgan fingerprint density at radius 3 is 2.36 bits per heavy atom. The highest BCUT2D eigenvalue weighted by Crippen LogP contribution is 2.28. The van der Waals surface area contributed by atoms with Crippen LogP contribution in [0, 0.1) is 18.8 Å². The van der Waals surface area contributed by atoms with E-state index in [0.29, 0.717) is 19.6 Å². The number of aliphatic hydroxyl groups is 1. The Bertz CT molecular complexity index is 1640. The van der Waals surface area contributed by atoms with Crippen molar-refractivity contribution in [3.63, 3.8) is 0 Å². The number of carbonyl (C=O) groups excluding carboxylic acids is 2. The normalized spacial score (nSPS) is 15.9. The lowest BCUT2D eigenvalue weighted by Crippen LogP contribution is -2.57. The molecule has 2 aromatic carbocycles. The summed E-state index contributed by atoms with van der Waals surface area (Å²) in [5, 5.41) is 17.9. The molecule has 1 aliphatic heterocycles. The quantitative estimate of drug-likeness (QED) is 0.215. The van der Waals surface area contributed by atoms with Gasteiger partial charge in [-0.05, 0) is 48.9 Å². The number of rotatable bonds is 15. The van der Waals surface area contributed by atoms with Gasteiger partial charge in [0.15, 0.2) is 0 Å². The van der Waals surface area contributed by atoms with Crippen LogP contribution in [0.1, 0.15) is 44.0 Å². The van der Waals surface area contributed by atoms with E-state index in [1.807, 2.05) is 70.3 Å². The SMILES string of the molecule is Cc1nc(CN2CCN([C@H](C(=O)N[C@@H](Cc3ccccc3)[C@H](O)CN(CC(C)C)S(=O)(=O)c3ccc(Cl)c(Cl)c3)C(C)C)C2=O)cs1. The smallest absolute Gasteiger partial charge is 0.321 e. The van der Waals surface area contributed by atoms with Gasteiger partial charge in [-0.15, -0.1) is 11.3 Å². The number of aryl methyl sites for hydroxylation is 1. The Morgan fingerprint density at radius 2 is 1.77 bits per heavy atom. The van der Waals surface area contributed by atoms with E-state index in [9.17, 15) is 23.1 Å². The molecule has 1 fully saturated rings. The molecule has 256 valence electrons. The Balaban J connectivity index is 1.58. The number of amides is 3. The van der Waals surface area contributed by atoms with Crippen LogP contribution in [-0.2, 0) is 27.8 Å². The monoisotopic (exact) mass is 723 g/mol. The number of nitrogens with one attached hydrogen (secondary N) is 1. The van der Waals surface area contributed by atoms with Crippen LogP contribution in [0.2, 0.25) is 10.0 Å². The lowest BCUT2D eigenvalue weighted by Gasteiger charge is -2.34. The lowest BCUT2D eigenvalue weighted by atomic mass is 9.97. The van der Waals surface area contributed by atoms with Crippen LogP contribution < -0.4 is 5.32 Å². The van der Waals surface area contributed by atoms with Crippen LogP contribution in [0.25, 0.3) is 0 Å². The second-order valence-electron chi connectivity index (χ2n) is 12.6. The number of aromatic nitrogens is 1. The maximum absolute atomic E-state index is 14.0. The van der Waals surface area contributed by atoms with E-state index in [4.69, 9.17) is 23.2 Å². The molecule has 1 saturated heterocycles. The minimum Gasteiger partial charge on any atom is -0.390 e. The molecule has 2 heterocycles. The molecule has 10 nitrogen and oxygen atoms in total. The first-order valence-electron chi connectivity index (χ1n) is 15.6. The summed E-state index contributed by atoms with van der Waals surface area (Å²) in [5.74, 6) is -0.714. The summed E-state index contributed by atoms with van der Waals surface area (Å²) >= 11 is 13.7. The van der Waals surface area contributed by atoms with Crippen molar-refractivity contribution >= 4 is 56.5 Å². The van der Waals surface area contributed by atoms with Gasteiger partial charge < -0.3 is 20.2 Å². The van der Waals surface area contributed by atoms with Gasteiger partial charge in [-0.3, -0.25) is 4.79 Å². The van der Waals surface area contributed by atoms with Gasteiger partial charge in [0.05, 0.1) is 44.3 Å². The predicted molar refractivity (Wildman–Crippen MR) is 186 cm³/mol. The highest BCUT2D eigenvalue weighted by Gasteiger charge is 2.40. The van der Waals surface area contributed by atoms with Gasteiger partial charge in [-0.2, -0.15) is 4.31 Å². The van der Waals surface area contributed by atoms with Crippen molar-refractivity contribution in [2.24, 2.45) is 11.8 Å². The summed E-state index contributed by atoms with van der Waals surface area (Å²) in [7, 11) is -4.09. The highest BCUT2D eigenvalue weighted by atomic mass is 35.5. The molecule has 1 aliphatic rings. The minimum atomic E-state index is -4.09. The van der Waals surface area contributed by atoms with Crippen molar-refractivity contribution in [3.05, 3.63) is 80.2 Å². The van der Waals surface area contributed by atoms with E-state index >= 15 is 0 Å². The fourth-order valence-electron chi connectivity index (χ4n) is 5.71. The average Bonchev–Trinajstić information content (AvgIpc) is 3.58. The van der Waals surface area contributed by atoms with Gasteiger partial charge in [-0.25, -0.2) is 18.2 Å². The van der Waals surface area contributed by atoms with Crippen LogP contribution in [0.4, 0.5) is 4.79 Å². The fraction of sp³-hybridized carbons (Fsp3) is 0.485. The summed E-state index contributed by atoms with van der Waals surface area (Å²) < 4.78 is 28.8. The second-order valence-corrected chi connectivity index (χ2v) is 16.4. The number of thiazole rings is 1. The molecule has 0 bridgehead atoms. The van der Waals surface area contributed by atoms with E-state index in [0.717, 1.165) is 16.3 Å². The van der Waals surface area contributed by atoms with E-state index in [2.05, 4.69) is 10.3 Å². The minimum absolute atomic E-state index is 0.0480. The molecule has 47 heavy (non-hydrogen) atoms. The van der Waals surface area contributed by atoms with Gasteiger partial charge in [-0.1, -0.05) is 81.2 Å². The van der Waals surface area contributed by atoms with Crippen LogP contribution in [0.3, 0.4) is 0 Å². The van der Waals surface area contributed by atoms with Crippen molar-refractivity contribution in [1.29, 1.82) is 0 Å². The summed E-state index contributed by atoms with van der Waals surface area (Å²) in [6, 6.07) is 11.5. The molecule has 2 N–H and O–H groups in total. The summed E-state index contributed by atoms with van der Waals surface area (Å²) in [6.45, 7) is 10.5. The van der Waals surface area contributed by atoms with Gasteiger partial charge in [0.2, 0.25) is 15.9 Å². The van der Waals surface area contributed by atoms with E-state index < -0.39 is 34.1 Å². The van der Waals surface area contributed by atoms with Crippen molar-refractivity contribution in [2.45, 2.75) is 70.7 Å². The van der Waals surface area contributed by atoms with Crippen LogP contribution >= 0.6 is 34.5 Å². The number of hydrogen-bond donors (Lipinski definition) is 2. The van der Waals surface area contributed by atoms with Crippen molar-refractivity contribution < 1.29 is 23.1 Å². The van der Waals surface area contributed by atoms with E-state index in [1.165, 1.54) is 33.8 Å². The average molecular weight is 725 g/mol. The lowest BCUT2D eigenvalue weighted by molar-refractivity contribution is -0.128. The Hall–Kier alpha value is -2.74. The molecule has 0 radical (unpaired) electrons. The number of nitrogens with zero attached hydrogens (tertiary/aromatic N) is 4. The molecular weight excluding hydrogens is 681 g/mol. The summed E-state index contributed by atoms with van der Waals surface area (Å²) in [4.78, 5) is 35.2. The molecule has 3 aromatic rings. The fourth-order valence-corrected chi connectivity index (χ4v) is 8.32. The zero-order valence-corrected chi connectivity index (χ0v) is 30.4. The van der Waals surface area contributed by atoms with Crippen molar-refractivity contribution in [3.8, 4) is 0 Å². The van der Waals surface area contributed by atoms with Crippen LogP contribution in [0.15, 0.2) is 58.8 Å². The Kier molecular flexibility index (Phi) is 12.7. The van der Waals surface area contributed by atoms with E-state index in [-0.39, 0.29) is 52.3 Å². The van der Waals surface area contributed by atoms with Gasteiger partial charge in [0, 0.05) is 31.6 Å². The van der Waals surface area contributed by atoms with Crippen molar-refractivity contribution in [1.82, 2.24) is 24.4 Å².